The van der Waals surface area contributed by atoms with Gasteiger partial charge in [-0.05, 0) is 24.5 Å². The number of rotatable bonds is 5. The quantitative estimate of drug-likeness (QED) is 0.533. The standard InChI is InChI=1S/C11H13FO2/c1-14-11-8-10(12)6-5-9(11)4-2-3-7-13/h5-8H,2-4H2,1H3. The van der Waals surface area contributed by atoms with E-state index in [1.54, 1.807) is 6.07 Å². The summed E-state index contributed by atoms with van der Waals surface area (Å²) in [5.41, 5.74) is 0.941. The number of halogens is 1. The Kier molecular flexibility index (Phi) is 4.11. The van der Waals surface area contributed by atoms with Gasteiger partial charge in [-0.25, -0.2) is 4.39 Å². The highest BCUT2D eigenvalue weighted by atomic mass is 19.1. The highest BCUT2D eigenvalue weighted by Crippen LogP contribution is 2.21. The molecule has 3 heteroatoms. The molecule has 0 aliphatic carbocycles. The van der Waals surface area contributed by atoms with Crippen LogP contribution in [0, 0.1) is 5.82 Å². The molecule has 1 rings (SSSR count). The van der Waals surface area contributed by atoms with Gasteiger partial charge in [-0.15, -0.1) is 0 Å². The van der Waals surface area contributed by atoms with Crippen LogP contribution in [0.25, 0.3) is 0 Å². The Morgan fingerprint density at radius 2 is 2.29 bits per heavy atom. The number of aryl methyl sites for hydroxylation is 1. The SMILES string of the molecule is COc1cc(F)ccc1CCCC=O. The van der Waals surface area contributed by atoms with Crippen LogP contribution in [0.1, 0.15) is 18.4 Å². The average molecular weight is 196 g/mol. The molecular weight excluding hydrogens is 183 g/mol. The molecule has 14 heavy (non-hydrogen) atoms. The van der Waals surface area contributed by atoms with Crippen molar-refractivity contribution < 1.29 is 13.9 Å². The van der Waals surface area contributed by atoms with Crippen LogP contribution in [0.3, 0.4) is 0 Å². The molecule has 0 saturated heterocycles. The fraction of sp³-hybridized carbons (Fsp3) is 0.364. The van der Waals surface area contributed by atoms with Crippen molar-refractivity contribution in [1.82, 2.24) is 0 Å². The van der Waals surface area contributed by atoms with Crippen LogP contribution in [-0.2, 0) is 11.2 Å². The van der Waals surface area contributed by atoms with Gasteiger partial charge in [-0.3, -0.25) is 0 Å². The van der Waals surface area contributed by atoms with Crippen molar-refractivity contribution in [3.8, 4) is 5.75 Å². The Labute approximate surface area is 82.7 Å². The summed E-state index contributed by atoms with van der Waals surface area (Å²) in [6.45, 7) is 0. The molecule has 1 aromatic rings. The number of carbonyl (C=O) groups excluding carboxylic acids is 1. The minimum Gasteiger partial charge on any atom is -0.496 e. The normalized spacial score (nSPS) is 9.86. The van der Waals surface area contributed by atoms with Crippen molar-refractivity contribution in [2.75, 3.05) is 7.11 Å². The van der Waals surface area contributed by atoms with Crippen LogP contribution in [0.2, 0.25) is 0 Å². The molecule has 0 fully saturated rings. The number of hydrogen-bond donors (Lipinski definition) is 0. The maximum absolute atomic E-state index is 12.8. The number of carbonyl (C=O) groups is 1. The fourth-order valence-electron chi connectivity index (χ4n) is 1.30. The average Bonchev–Trinajstić information content (AvgIpc) is 2.20. The summed E-state index contributed by atoms with van der Waals surface area (Å²) in [5.74, 6) is 0.247. The van der Waals surface area contributed by atoms with Crippen molar-refractivity contribution >= 4 is 6.29 Å². The van der Waals surface area contributed by atoms with E-state index in [1.165, 1.54) is 19.2 Å². The number of benzene rings is 1. The third-order valence-corrected chi connectivity index (χ3v) is 2.02. The number of methoxy groups -OCH3 is 1. The van der Waals surface area contributed by atoms with E-state index < -0.39 is 0 Å². The predicted octanol–water partition coefficient (Wildman–Crippen LogP) is 2.36. The molecule has 76 valence electrons. The van der Waals surface area contributed by atoms with Gasteiger partial charge >= 0.3 is 0 Å². The summed E-state index contributed by atoms with van der Waals surface area (Å²) < 4.78 is 17.8. The van der Waals surface area contributed by atoms with E-state index in [4.69, 9.17) is 4.74 Å². The molecule has 0 aliphatic rings. The molecule has 0 aliphatic heterocycles. The molecule has 0 N–H and O–H groups in total. The van der Waals surface area contributed by atoms with Gasteiger partial charge in [0.2, 0.25) is 0 Å². The van der Waals surface area contributed by atoms with Gasteiger partial charge in [0.15, 0.2) is 0 Å². The second-order valence-electron chi connectivity index (χ2n) is 3.02. The lowest BCUT2D eigenvalue weighted by Crippen LogP contribution is -1.93. The molecular formula is C11H13FO2. The van der Waals surface area contributed by atoms with Gasteiger partial charge in [0.1, 0.15) is 17.9 Å². The smallest absolute Gasteiger partial charge is 0.126 e. The van der Waals surface area contributed by atoms with Crippen molar-refractivity contribution in [2.24, 2.45) is 0 Å². The zero-order chi connectivity index (χ0) is 10.4. The molecule has 0 atom stereocenters. The second kappa shape index (κ2) is 5.37. The minimum atomic E-state index is -0.305. The van der Waals surface area contributed by atoms with Gasteiger partial charge in [-0.2, -0.15) is 0 Å². The van der Waals surface area contributed by atoms with Gasteiger partial charge in [0, 0.05) is 12.5 Å². The number of ether oxygens (including phenoxy) is 1. The summed E-state index contributed by atoms with van der Waals surface area (Å²) in [7, 11) is 1.51. The molecule has 1 aromatic carbocycles. The molecule has 0 unspecified atom stereocenters. The minimum absolute atomic E-state index is 0.305. The molecule has 0 heterocycles. The Bertz CT molecular complexity index is 310. The lowest BCUT2D eigenvalue weighted by Gasteiger charge is -2.07. The molecule has 2 nitrogen and oxygen atoms in total. The highest BCUT2D eigenvalue weighted by Gasteiger charge is 2.03. The van der Waals surface area contributed by atoms with Gasteiger partial charge in [0.05, 0.1) is 7.11 Å². The van der Waals surface area contributed by atoms with Gasteiger partial charge < -0.3 is 9.53 Å². The predicted molar refractivity (Wildman–Crippen MR) is 52.0 cm³/mol. The topological polar surface area (TPSA) is 26.3 Å². The molecule has 0 bridgehead atoms. The Morgan fingerprint density at radius 1 is 1.50 bits per heavy atom. The first-order valence-electron chi connectivity index (χ1n) is 4.54. The highest BCUT2D eigenvalue weighted by molar-refractivity contribution is 5.49. The summed E-state index contributed by atoms with van der Waals surface area (Å²) in [4.78, 5) is 10.1. The number of hydrogen-bond acceptors (Lipinski definition) is 2. The maximum Gasteiger partial charge on any atom is 0.126 e. The number of unbranched alkanes of at least 4 members (excludes halogenated alkanes) is 1. The van der Waals surface area contributed by atoms with Crippen molar-refractivity contribution in [3.63, 3.8) is 0 Å². The first-order valence-corrected chi connectivity index (χ1v) is 4.54. The molecule has 0 amide bonds. The number of aldehydes is 1. The monoisotopic (exact) mass is 196 g/mol. The summed E-state index contributed by atoms with van der Waals surface area (Å²) >= 11 is 0. The lowest BCUT2D eigenvalue weighted by atomic mass is 10.1. The van der Waals surface area contributed by atoms with Crippen LogP contribution >= 0.6 is 0 Å². The maximum atomic E-state index is 12.8. The molecule has 0 saturated carbocycles. The first-order chi connectivity index (χ1) is 6.77. The van der Waals surface area contributed by atoms with E-state index in [-0.39, 0.29) is 5.82 Å². The summed E-state index contributed by atoms with van der Waals surface area (Å²) in [6.07, 6.45) is 2.92. The van der Waals surface area contributed by atoms with Crippen LogP contribution in [0.15, 0.2) is 18.2 Å². The zero-order valence-corrected chi connectivity index (χ0v) is 8.13. The van der Waals surface area contributed by atoms with E-state index in [2.05, 4.69) is 0 Å². The van der Waals surface area contributed by atoms with Crippen LogP contribution in [0.4, 0.5) is 4.39 Å². The Hall–Kier alpha value is -1.38. The van der Waals surface area contributed by atoms with Crippen molar-refractivity contribution in [3.05, 3.63) is 29.6 Å². The summed E-state index contributed by atoms with van der Waals surface area (Å²) in [5, 5.41) is 0. The second-order valence-corrected chi connectivity index (χ2v) is 3.02. The lowest BCUT2D eigenvalue weighted by molar-refractivity contribution is -0.107. The Morgan fingerprint density at radius 3 is 2.93 bits per heavy atom. The molecule has 0 radical (unpaired) electrons. The van der Waals surface area contributed by atoms with Crippen LogP contribution in [0.5, 0.6) is 5.75 Å². The van der Waals surface area contributed by atoms with Crippen molar-refractivity contribution in [2.45, 2.75) is 19.3 Å². The van der Waals surface area contributed by atoms with Crippen molar-refractivity contribution in [1.29, 1.82) is 0 Å². The molecule has 0 spiro atoms. The van der Waals surface area contributed by atoms with E-state index >= 15 is 0 Å². The fourth-order valence-corrected chi connectivity index (χ4v) is 1.30. The van der Waals surface area contributed by atoms with E-state index in [0.717, 1.165) is 24.7 Å². The van der Waals surface area contributed by atoms with E-state index in [0.29, 0.717) is 12.2 Å². The largest absolute Gasteiger partial charge is 0.496 e. The molecule has 0 aromatic heterocycles. The van der Waals surface area contributed by atoms with Crippen LogP contribution in [-0.4, -0.2) is 13.4 Å². The van der Waals surface area contributed by atoms with E-state index in [1.807, 2.05) is 0 Å². The van der Waals surface area contributed by atoms with Gasteiger partial charge in [-0.1, -0.05) is 6.07 Å². The zero-order valence-electron chi connectivity index (χ0n) is 8.13. The van der Waals surface area contributed by atoms with E-state index in [9.17, 15) is 9.18 Å². The van der Waals surface area contributed by atoms with Crippen LogP contribution < -0.4 is 4.74 Å². The third-order valence-electron chi connectivity index (χ3n) is 2.02. The summed E-state index contributed by atoms with van der Waals surface area (Å²) in [6, 6.07) is 4.45. The first kappa shape index (κ1) is 10.7. The van der Waals surface area contributed by atoms with Gasteiger partial charge in [0.25, 0.3) is 0 Å². The third kappa shape index (κ3) is 2.83. The Balaban J connectivity index is 2.69.